The lowest BCUT2D eigenvalue weighted by atomic mass is 9.63. The van der Waals surface area contributed by atoms with E-state index in [1.807, 2.05) is 24.3 Å². The highest BCUT2D eigenvalue weighted by atomic mass is 15.2. The first-order valence-electron chi connectivity index (χ1n) is 17.0. The normalized spacial score (nSPS) is 21.6. The van der Waals surface area contributed by atoms with Crippen molar-refractivity contribution < 1.29 is 0 Å². The molecule has 228 valence electrons. The van der Waals surface area contributed by atoms with Crippen molar-refractivity contribution in [3.8, 4) is 39.9 Å². The van der Waals surface area contributed by atoms with Gasteiger partial charge in [-0.05, 0) is 85.4 Å². The molecule has 5 nitrogen and oxygen atoms in total. The third-order valence-corrected chi connectivity index (χ3v) is 10.9. The van der Waals surface area contributed by atoms with Gasteiger partial charge >= 0.3 is 0 Å². The molecule has 0 radical (unpaired) electrons. The smallest absolute Gasteiger partial charge is 0.238 e. The van der Waals surface area contributed by atoms with E-state index in [1.165, 1.54) is 54.1 Å². The van der Waals surface area contributed by atoms with Crippen molar-refractivity contribution >= 4 is 27.5 Å². The summed E-state index contributed by atoms with van der Waals surface area (Å²) in [5, 5.41) is 2.48. The Balaban J connectivity index is 1.15. The number of hydrogen-bond acceptors (Lipinski definition) is 4. The summed E-state index contributed by atoms with van der Waals surface area (Å²) < 4.78 is 2.24. The Morgan fingerprint density at radius 1 is 0.447 bits per heavy atom. The fourth-order valence-corrected chi connectivity index (χ4v) is 9.07. The van der Waals surface area contributed by atoms with Gasteiger partial charge in [0.15, 0.2) is 11.6 Å². The summed E-state index contributed by atoms with van der Waals surface area (Å²) in [6.07, 6.45) is 6.88. The summed E-state index contributed by atoms with van der Waals surface area (Å²) in [5.41, 5.74) is 7.83. The molecule has 0 spiro atoms. The first-order valence-corrected chi connectivity index (χ1v) is 17.0. The molecule has 2 aromatic heterocycles. The van der Waals surface area contributed by atoms with E-state index in [9.17, 15) is 0 Å². The van der Waals surface area contributed by atoms with Crippen molar-refractivity contribution in [2.75, 3.05) is 4.90 Å². The van der Waals surface area contributed by atoms with Crippen LogP contribution >= 0.6 is 0 Å². The highest BCUT2D eigenvalue weighted by molar-refractivity contribution is 6.10. The van der Waals surface area contributed by atoms with E-state index in [1.54, 1.807) is 0 Å². The van der Waals surface area contributed by atoms with E-state index < -0.39 is 0 Å². The molecule has 2 saturated carbocycles. The van der Waals surface area contributed by atoms with Crippen LogP contribution in [0.1, 0.15) is 32.1 Å². The van der Waals surface area contributed by atoms with Gasteiger partial charge in [-0.25, -0.2) is 4.98 Å². The summed E-state index contributed by atoms with van der Waals surface area (Å²) in [5.74, 6) is 3.83. The minimum atomic E-state index is 0.632. The predicted octanol–water partition coefficient (Wildman–Crippen LogP) is 9.74. The van der Waals surface area contributed by atoms with Crippen LogP contribution in [0, 0.1) is 11.8 Å². The van der Waals surface area contributed by atoms with Gasteiger partial charge in [-0.3, -0.25) is 4.57 Å². The molecule has 0 atom stereocenters. The summed E-state index contributed by atoms with van der Waals surface area (Å²) in [4.78, 5) is 18.2. The van der Waals surface area contributed by atoms with Gasteiger partial charge in [0.25, 0.3) is 0 Å². The Morgan fingerprint density at radius 3 is 1.79 bits per heavy atom. The maximum absolute atomic E-state index is 5.21. The van der Waals surface area contributed by atoms with Crippen molar-refractivity contribution in [3.05, 3.63) is 127 Å². The second kappa shape index (κ2) is 10.6. The molecule has 5 heteroatoms. The molecule has 4 bridgehead atoms. The Bertz CT molecular complexity index is 2240. The lowest BCUT2D eigenvalue weighted by Crippen LogP contribution is -2.58. The average Bonchev–Trinajstić information content (AvgIpc) is 3.46. The van der Waals surface area contributed by atoms with Gasteiger partial charge in [-0.2, -0.15) is 9.97 Å². The SMILES string of the molecule is c1ccc(-c2cccc(-c3nc(-c4ccccc4)nc(-n4c5ccccc5c5cc(N6C7CC8CC(C7)CC6C8)ccc54)n3)c2)cc1. The quantitative estimate of drug-likeness (QED) is 0.195. The van der Waals surface area contributed by atoms with Gasteiger partial charge in [0.05, 0.1) is 11.0 Å². The molecule has 2 aliphatic heterocycles. The van der Waals surface area contributed by atoms with Crippen LogP contribution in [0.4, 0.5) is 5.69 Å². The van der Waals surface area contributed by atoms with Crippen LogP contribution in [-0.4, -0.2) is 31.6 Å². The van der Waals surface area contributed by atoms with Crippen molar-refractivity contribution in [1.29, 1.82) is 0 Å². The van der Waals surface area contributed by atoms with Crippen molar-refractivity contribution in [2.24, 2.45) is 11.8 Å². The maximum Gasteiger partial charge on any atom is 0.238 e. The van der Waals surface area contributed by atoms with Crippen LogP contribution in [-0.2, 0) is 0 Å². The average molecular weight is 610 g/mol. The van der Waals surface area contributed by atoms with Crippen molar-refractivity contribution in [1.82, 2.24) is 19.5 Å². The van der Waals surface area contributed by atoms with Crippen LogP contribution in [0.3, 0.4) is 0 Å². The molecule has 0 amide bonds. The predicted molar refractivity (Wildman–Crippen MR) is 191 cm³/mol. The zero-order valence-corrected chi connectivity index (χ0v) is 26.2. The molecule has 4 fully saturated rings. The molecule has 7 aromatic rings. The number of nitrogens with zero attached hydrogens (tertiary/aromatic N) is 5. The summed E-state index contributed by atoms with van der Waals surface area (Å²) in [6, 6.07) is 46.4. The number of hydrogen-bond donors (Lipinski definition) is 0. The number of benzene rings is 5. The largest absolute Gasteiger partial charge is 0.366 e. The van der Waals surface area contributed by atoms with E-state index in [4.69, 9.17) is 15.0 Å². The second-order valence-corrected chi connectivity index (χ2v) is 13.8. The monoisotopic (exact) mass is 609 g/mol. The molecule has 5 aromatic carbocycles. The first-order chi connectivity index (χ1) is 23.2. The molecule has 2 saturated heterocycles. The zero-order valence-electron chi connectivity index (χ0n) is 26.2. The van der Waals surface area contributed by atoms with Crippen molar-refractivity contribution in [2.45, 2.75) is 44.2 Å². The topological polar surface area (TPSA) is 46.8 Å². The Morgan fingerprint density at radius 2 is 1.04 bits per heavy atom. The number of piperidine rings is 2. The van der Waals surface area contributed by atoms with Crippen LogP contribution in [0.2, 0.25) is 0 Å². The first kappa shape index (κ1) is 26.9. The van der Waals surface area contributed by atoms with Crippen LogP contribution in [0.15, 0.2) is 127 Å². The van der Waals surface area contributed by atoms with Crippen LogP contribution in [0.25, 0.3) is 61.7 Å². The third-order valence-electron chi connectivity index (χ3n) is 10.9. The van der Waals surface area contributed by atoms with Crippen LogP contribution in [0.5, 0.6) is 0 Å². The highest BCUT2D eigenvalue weighted by Crippen LogP contribution is 2.51. The van der Waals surface area contributed by atoms with E-state index in [0.717, 1.165) is 39.6 Å². The van der Waals surface area contributed by atoms with Gasteiger partial charge in [0, 0.05) is 39.7 Å². The number of para-hydroxylation sites is 1. The molecule has 4 aliphatic rings. The Labute approximate surface area is 274 Å². The Kier molecular flexibility index (Phi) is 6.08. The molecule has 4 heterocycles. The van der Waals surface area contributed by atoms with E-state index in [2.05, 4.69) is 113 Å². The van der Waals surface area contributed by atoms with E-state index >= 15 is 0 Å². The summed E-state index contributed by atoms with van der Waals surface area (Å²) in [6.45, 7) is 0. The van der Waals surface area contributed by atoms with Crippen molar-refractivity contribution in [3.63, 3.8) is 0 Å². The van der Waals surface area contributed by atoms with E-state index in [0.29, 0.717) is 29.7 Å². The van der Waals surface area contributed by atoms with Gasteiger partial charge in [-0.15, -0.1) is 0 Å². The number of anilines is 1. The Hall–Kier alpha value is -5.29. The molecular formula is C42H35N5. The zero-order chi connectivity index (χ0) is 30.9. The van der Waals surface area contributed by atoms with E-state index in [-0.39, 0.29) is 0 Å². The summed E-state index contributed by atoms with van der Waals surface area (Å²) >= 11 is 0. The summed E-state index contributed by atoms with van der Waals surface area (Å²) in [7, 11) is 0. The van der Waals surface area contributed by atoms with Gasteiger partial charge in [-0.1, -0.05) is 97.1 Å². The molecule has 47 heavy (non-hydrogen) atoms. The lowest BCUT2D eigenvalue weighted by molar-refractivity contribution is 0.0900. The second-order valence-electron chi connectivity index (χ2n) is 13.8. The minimum Gasteiger partial charge on any atom is -0.366 e. The van der Waals surface area contributed by atoms with Gasteiger partial charge in [0.1, 0.15) is 0 Å². The molecule has 0 N–H and O–H groups in total. The fourth-order valence-electron chi connectivity index (χ4n) is 9.07. The standard InChI is InChI=1S/C42H35N5/c1-3-10-29(11-4-1)31-14-9-15-32(25-31)41-43-40(30-12-5-2-6-13-30)44-42(45-41)47-38-17-8-7-16-36(38)37-26-33(18-19-39(37)47)46-34-21-27-20-28(23-34)24-35(46)22-27/h1-19,25-28,34-35H,20-24H2. The molecule has 11 rings (SSSR count). The number of aromatic nitrogens is 4. The fraction of sp³-hybridized carbons (Fsp3) is 0.214. The molecule has 0 unspecified atom stereocenters. The van der Waals surface area contributed by atoms with Gasteiger partial charge < -0.3 is 4.90 Å². The van der Waals surface area contributed by atoms with Gasteiger partial charge in [0.2, 0.25) is 5.95 Å². The molecular weight excluding hydrogens is 574 g/mol. The number of rotatable bonds is 5. The maximum atomic E-state index is 5.21. The number of fused-ring (bicyclic) bond motifs is 3. The molecule has 2 aliphatic carbocycles. The lowest BCUT2D eigenvalue weighted by Gasteiger charge is -2.57. The minimum absolute atomic E-state index is 0.632. The third kappa shape index (κ3) is 4.48. The van der Waals surface area contributed by atoms with Crippen LogP contribution < -0.4 is 4.90 Å². The highest BCUT2D eigenvalue weighted by Gasteiger charge is 2.46.